The summed E-state index contributed by atoms with van der Waals surface area (Å²) in [6.07, 6.45) is 0. The molecule has 0 atom stereocenters. The summed E-state index contributed by atoms with van der Waals surface area (Å²) >= 11 is 0. The van der Waals surface area contributed by atoms with Gasteiger partial charge in [0.2, 0.25) is 0 Å². The molecular weight excluding hydrogens is 346 g/mol. The van der Waals surface area contributed by atoms with Gasteiger partial charge >= 0.3 is 0 Å². The summed E-state index contributed by atoms with van der Waals surface area (Å²) in [4.78, 5) is 4.89. The molecule has 4 rings (SSSR count). The topological polar surface area (TPSA) is 46.0 Å². The van der Waals surface area contributed by atoms with Crippen LogP contribution in [0.5, 0.6) is 5.75 Å². The van der Waals surface area contributed by atoms with Gasteiger partial charge in [-0.05, 0) is 47.9 Å². The number of aliphatic imine (C=N–C) groups is 1. The summed E-state index contributed by atoms with van der Waals surface area (Å²) < 4.78 is 5.26. The minimum absolute atomic E-state index is 0.434. The number of hydrogen-bond donors (Lipinski definition) is 1. The molecule has 0 saturated heterocycles. The molecule has 0 amide bonds. The molecule has 4 nitrogen and oxygen atoms in total. The van der Waals surface area contributed by atoms with Gasteiger partial charge in [0.1, 0.15) is 5.75 Å². The van der Waals surface area contributed by atoms with Crippen molar-refractivity contribution in [1.82, 2.24) is 5.43 Å². The third-order valence-corrected chi connectivity index (χ3v) is 4.86. The van der Waals surface area contributed by atoms with Crippen molar-refractivity contribution in [3.63, 3.8) is 0 Å². The first-order valence-electron chi connectivity index (χ1n) is 9.42. The summed E-state index contributed by atoms with van der Waals surface area (Å²) in [5, 5.41) is 4.74. The summed E-state index contributed by atoms with van der Waals surface area (Å²) in [6, 6.07) is 24.5. The highest BCUT2D eigenvalue weighted by atomic mass is 16.5. The van der Waals surface area contributed by atoms with Crippen molar-refractivity contribution in [3.8, 4) is 5.75 Å². The molecule has 3 aromatic carbocycles. The zero-order chi connectivity index (χ0) is 19.5. The van der Waals surface area contributed by atoms with Gasteiger partial charge in [0.15, 0.2) is 5.84 Å². The predicted octanol–water partition coefficient (Wildman–Crippen LogP) is 5.25. The van der Waals surface area contributed by atoms with Gasteiger partial charge in [-0.1, -0.05) is 50.2 Å². The van der Waals surface area contributed by atoms with Crippen LogP contribution >= 0.6 is 0 Å². The molecule has 4 heteroatoms. The van der Waals surface area contributed by atoms with E-state index in [0.717, 1.165) is 33.8 Å². The van der Waals surface area contributed by atoms with Crippen LogP contribution in [0.25, 0.3) is 0 Å². The lowest BCUT2D eigenvalue weighted by Gasteiger charge is -2.12. The van der Waals surface area contributed by atoms with Crippen LogP contribution in [0.15, 0.2) is 82.9 Å². The highest BCUT2D eigenvalue weighted by Gasteiger charge is 2.18. The maximum absolute atomic E-state index is 5.26. The van der Waals surface area contributed by atoms with Crippen molar-refractivity contribution in [2.45, 2.75) is 19.8 Å². The molecule has 1 aliphatic heterocycles. The van der Waals surface area contributed by atoms with Gasteiger partial charge in [0.25, 0.3) is 0 Å². The van der Waals surface area contributed by atoms with E-state index in [4.69, 9.17) is 14.8 Å². The first-order valence-corrected chi connectivity index (χ1v) is 9.42. The van der Waals surface area contributed by atoms with Crippen LogP contribution in [-0.2, 0) is 0 Å². The number of rotatable bonds is 4. The Morgan fingerprint density at radius 2 is 1.61 bits per heavy atom. The molecule has 0 aliphatic carbocycles. The average molecular weight is 369 g/mol. The molecular formula is C24H23N3O. The fourth-order valence-electron chi connectivity index (χ4n) is 3.21. The minimum Gasteiger partial charge on any atom is -0.497 e. The Kier molecular flexibility index (Phi) is 4.94. The molecule has 140 valence electrons. The molecule has 0 unspecified atom stereocenters. The van der Waals surface area contributed by atoms with Crippen molar-refractivity contribution < 1.29 is 4.74 Å². The first kappa shape index (κ1) is 18.0. The van der Waals surface area contributed by atoms with E-state index in [1.807, 2.05) is 42.5 Å². The van der Waals surface area contributed by atoms with Crippen LogP contribution in [0.1, 0.15) is 42.0 Å². The molecule has 0 spiro atoms. The van der Waals surface area contributed by atoms with Gasteiger partial charge < -0.3 is 4.74 Å². The van der Waals surface area contributed by atoms with E-state index in [-0.39, 0.29) is 0 Å². The zero-order valence-corrected chi connectivity index (χ0v) is 16.3. The molecule has 1 N–H and O–H groups in total. The Balaban J connectivity index is 1.85. The Bertz CT molecular complexity index is 1040. The van der Waals surface area contributed by atoms with Crippen LogP contribution < -0.4 is 10.2 Å². The van der Waals surface area contributed by atoms with E-state index >= 15 is 0 Å². The second-order valence-corrected chi connectivity index (χ2v) is 7.06. The number of fused-ring (bicyclic) bond motifs is 1. The Morgan fingerprint density at radius 3 is 2.29 bits per heavy atom. The summed E-state index contributed by atoms with van der Waals surface area (Å²) in [7, 11) is 1.66. The van der Waals surface area contributed by atoms with Gasteiger partial charge in [-0.15, -0.1) is 0 Å². The monoisotopic (exact) mass is 369 g/mol. The molecule has 0 radical (unpaired) electrons. The second-order valence-electron chi connectivity index (χ2n) is 7.06. The van der Waals surface area contributed by atoms with Gasteiger partial charge in [0.05, 0.1) is 18.5 Å². The molecule has 28 heavy (non-hydrogen) atoms. The fourth-order valence-corrected chi connectivity index (χ4v) is 3.21. The van der Waals surface area contributed by atoms with Crippen molar-refractivity contribution in [2.75, 3.05) is 7.11 Å². The Morgan fingerprint density at radius 1 is 0.857 bits per heavy atom. The number of nitrogens with zero attached hydrogens (tertiary/aromatic N) is 2. The molecule has 1 aliphatic rings. The lowest BCUT2D eigenvalue weighted by atomic mass is 9.95. The highest BCUT2D eigenvalue weighted by molar-refractivity contribution is 6.18. The van der Waals surface area contributed by atoms with Crippen molar-refractivity contribution in [2.24, 2.45) is 10.1 Å². The van der Waals surface area contributed by atoms with Crippen molar-refractivity contribution in [1.29, 1.82) is 0 Å². The quantitative estimate of drug-likeness (QED) is 0.682. The predicted molar refractivity (Wildman–Crippen MR) is 115 cm³/mol. The Labute approximate surface area is 165 Å². The number of methoxy groups -OCH3 is 1. The van der Waals surface area contributed by atoms with Crippen LogP contribution in [0.2, 0.25) is 0 Å². The number of amidine groups is 1. The van der Waals surface area contributed by atoms with E-state index in [9.17, 15) is 0 Å². The van der Waals surface area contributed by atoms with Crippen LogP contribution in [0, 0.1) is 0 Å². The van der Waals surface area contributed by atoms with Crippen LogP contribution in [-0.4, -0.2) is 18.7 Å². The third kappa shape index (κ3) is 3.54. The molecule has 3 aromatic rings. The van der Waals surface area contributed by atoms with E-state index in [1.165, 1.54) is 5.56 Å². The summed E-state index contributed by atoms with van der Waals surface area (Å²) in [5.74, 6) is 1.96. The molecule has 0 saturated carbocycles. The SMILES string of the molecule is COc1ccc(C2=Nc3ccc(C(C)C)cc3C(c3ccccc3)=NN2)cc1. The highest BCUT2D eigenvalue weighted by Crippen LogP contribution is 2.29. The zero-order valence-electron chi connectivity index (χ0n) is 16.3. The van der Waals surface area contributed by atoms with Crippen molar-refractivity contribution in [3.05, 3.63) is 95.1 Å². The molecule has 0 bridgehead atoms. The van der Waals surface area contributed by atoms with Gasteiger partial charge in [-0.3, -0.25) is 5.43 Å². The number of benzene rings is 3. The van der Waals surface area contributed by atoms with Crippen molar-refractivity contribution >= 4 is 17.2 Å². The molecule has 0 fully saturated rings. The van der Waals surface area contributed by atoms with Crippen LogP contribution in [0.4, 0.5) is 5.69 Å². The normalized spacial score (nSPS) is 13.1. The van der Waals surface area contributed by atoms with E-state index < -0.39 is 0 Å². The number of hydrogen-bond acceptors (Lipinski definition) is 4. The number of ether oxygens (including phenoxy) is 1. The van der Waals surface area contributed by atoms with Gasteiger partial charge in [-0.2, -0.15) is 5.10 Å². The summed E-state index contributed by atoms with van der Waals surface area (Å²) in [6.45, 7) is 4.39. The average Bonchev–Trinajstić information content (AvgIpc) is 2.93. The maximum Gasteiger partial charge on any atom is 0.154 e. The minimum atomic E-state index is 0.434. The van der Waals surface area contributed by atoms with Gasteiger partial charge in [-0.25, -0.2) is 4.99 Å². The standard InChI is InChI=1S/C24H23N3O/c1-16(2)19-11-14-22-21(15-19)23(17-7-5-4-6-8-17)26-27-24(25-22)18-9-12-20(28-3)13-10-18/h4-16H,1-3H3,(H,25,27). The summed E-state index contributed by atoms with van der Waals surface area (Å²) in [5.41, 5.74) is 9.30. The Hall–Kier alpha value is -3.40. The van der Waals surface area contributed by atoms with E-state index in [1.54, 1.807) is 7.11 Å². The van der Waals surface area contributed by atoms with E-state index in [0.29, 0.717) is 11.8 Å². The fraction of sp³-hybridized carbons (Fsp3) is 0.167. The number of hydrazone groups is 1. The number of nitrogens with one attached hydrogen (secondary N) is 1. The second kappa shape index (κ2) is 7.69. The van der Waals surface area contributed by atoms with Crippen LogP contribution in [0.3, 0.4) is 0 Å². The smallest absolute Gasteiger partial charge is 0.154 e. The largest absolute Gasteiger partial charge is 0.497 e. The third-order valence-electron chi connectivity index (χ3n) is 4.86. The molecule has 0 aromatic heterocycles. The van der Waals surface area contributed by atoms with Gasteiger partial charge in [0, 0.05) is 16.7 Å². The first-order chi connectivity index (χ1) is 13.7. The lowest BCUT2D eigenvalue weighted by Crippen LogP contribution is -2.19. The molecule has 1 heterocycles. The van der Waals surface area contributed by atoms with E-state index in [2.05, 4.69) is 49.6 Å². The maximum atomic E-state index is 5.26. The lowest BCUT2D eigenvalue weighted by molar-refractivity contribution is 0.415.